The number of hydrogen-bond donors (Lipinski definition) is 2. The number of nitrogens with one attached hydrogen (secondary N) is 1. The lowest BCUT2D eigenvalue weighted by molar-refractivity contribution is 0.125. The summed E-state index contributed by atoms with van der Waals surface area (Å²) in [5.41, 5.74) is 0. The van der Waals surface area contributed by atoms with Gasteiger partial charge in [0.15, 0.2) is 5.13 Å². The third-order valence-corrected chi connectivity index (χ3v) is 6.24. The van der Waals surface area contributed by atoms with Gasteiger partial charge in [0.05, 0.1) is 11.5 Å². The summed E-state index contributed by atoms with van der Waals surface area (Å²) < 4.78 is 0. The van der Waals surface area contributed by atoms with Crippen LogP contribution in [-0.4, -0.2) is 33.1 Å². The quantitative estimate of drug-likeness (QED) is 0.784. The van der Waals surface area contributed by atoms with Crippen molar-refractivity contribution >= 4 is 22.5 Å². The van der Waals surface area contributed by atoms with E-state index in [0.717, 1.165) is 30.6 Å². The Bertz CT molecular complexity index is 520. The largest absolute Gasteiger partial charge is 0.391 e. The Labute approximate surface area is 148 Å². The molecular weight excluding hydrogens is 322 g/mol. The van der Waals surface area contributed by atoms with Crippen molar-refractivity contribution in [2.24, 2.45) is 0 Å². The molecule has 1 aromatic heterocycles. The number of aliphatic hydroxyl groups is 1. The molecule has 5 nitrogen and oxygen atoms in total. The first kappa shape index (κ1) is 17.7. The molecule has 0 atom stereocenters. The van der Waals surface area contributed by atoms with Gasteiger partial charge in [-0.25, -0.2) is 9.78 Å². The zero-order valence-electron chi connectivity index (χ0n) is 14.4. The third kappa shape index (κ3) is 4.48. The molecule has 1 heterocycles. The molecule has 0 aromatic carbocycles. The van der Waals surface area contributed by atoms with Gasteiger partial charge >= 0.3 is 6.03 Å². The van der Waals surface area contributed by atoms with Crippen LogP contribution < -0.4 is 5.32 Å². The highest BCUT2D eigenvalue weighted by Gasteiger charge is 2.32. The van der Waals surface area contributed by atoms with Gasteiger partial charge in [-0.15, -0.1) is 0 Å². The first-order valence-electron chi connectivity index (χ1n) is 9.43. The van der Waals surface area contributed by atoms with Gasteiger partial charge in [-0.05, 0) is 25.7 Å². The predicted molar refractivity (Wildman–Crippen MR) is 97.3 cm³/mol. The number of aromatic nitrogens is 1. The highest BCUT2D eigenvalue weighted by atomic mass is 32.1. The minimum atomic E-state index is -0.0253. The monoisotopic (exact) mass is 351 g/mol. The lowest BCUT2D eigenvalue weighted by atomic mass is 9.92. The summed E-state index contributed by atoms with van der Waals surface area (Å²) in [6.07, 6.45) is 15.0. The molecule has 0 spiro atoms. The minimum Gasteiger partial charge on any atom is -0.391 e. The molecule has 2 saturated carbocycles. The third-order valence-electron chi connectivity index (χ3n) is 5.34. The predicted octanol–water partition coefficient (Wildman–Crippen LogP) is 4.52. The average molecular weight is 352 g/mol. The van der Waals surface area contributed by atoms with Gasteiger partial charge in [0.25, 0.3) is 0 Å². The molecule has 1 aromatic rings. The molecule has 2 amide bonds. The SMILES string of the molecule is O=C(Nc1ncc(CO)s1)N(C1CCCCCC1)C1CCCCC1. The van der Waals surface area contributed by atoms with Crippen LogP contribution in [0.5, 0.6) is 0 Å². The van der Waals surface area contributed by atoms with E-state index in [1.54, 1.807) is 6.20 Å². The van der Waals surface area contributed by atoms with Gasteiger partial charge in [-0.2, -0.15) is 0 Å². The summed E-state index contributed by atoms with van der Waals surface area (Å²) in [6, 6.07) is 0.750. The van der Waals surface area contributed by atoms with E-state index in [9.17, 15) is 9.90 Å². The zero-order chi connectivity index (χ0) is 16.8. The number of thiazole rings is 1. The normalized spacial score (nSPS) is 20.5. The lowest BCUT2D eigenvalue weighted by Gasteiger charge is -2.39. The van der Waals surface area contributed by atoms with Crippen LogP contribution in [0.25, 0.3) is 0 Å². The molecule has 2 fully saturated rings. The number of nitrogens with zero attached hydrogens (tertiary/aromatic N) is 2. The molecule has 6 heteroatoms. The summed E-state index contributed by atoms with van der Waals surface area (Å²) >= 11 is 1.36. The van der Waals surface area contributed by atoms with Crippen LogP contribution in [0.1, 0.15) is 75.5 Å². The van der Waals surface area contributed by atoms with E-state index < -0.39 is 0 Å². The average Bonchev–Trinajstić information content (AvgIpc) is 2.89. The second-order valence-electron chi connectivity index (χ2n) is 7.06. The maximum atomic E-state index is 13.0. The second-order valence-corrected chi connectivity index (χ2v) is 8.18. The molecule has 2 N–H and O–H groups in total. The Morgan fingerprint density at radius 1 is 1.08 bits per heavy atom. The summed E-state index contributed by atoms with van der Waals surface area (Å²) in [4.78, 5) is 20.2. The summed E-state index contributed by atoms with van der Waals surface area (Å²) in [6.45, 7) is -0.0253. The molecule has 0 aliphatic heterocycles. The van der Waals surface area contributed by atoms with E-state index in [-0.39, 0.29) is 12.6 Å². The number of carbonyl (C=O) groups is 1. The number of urea groups is 1. The van der Waals surface area contributed by atoms with E-state index >= 15 is 0 Å². The standard InChI is InChI=1S/C18H29N3O2S/c22-13-16-12-19-17(24-16)20-18(23)21(15-10-6-3-7-11-15)14-8-4-1-2-5-9-14/h12,14-15,22H,1-11,13H2,(H,19,20,23). The van der Waals surface area contributed by atoms with Gasteiger partial charge in [0.1, 0.15) is 0 Å². The van der Waals surface area contributed by atoms with E-state index in [4.69, 9.17) is 0 Å². The zero-order valence-corrected chi connectivity index (χ0v) is 15.2. The Hall–Kier alpha value is -1.14. The van der Waals surface area contributed by atoms with Gasteiger partial charge in [0.2, 0.25) is 0 Å². The maximum Gasteiger partial charge on any atom is 0.324 e. The number of rotatable bonds is 4. The number of amides is 2. The summed E-state index contributed by atoms with van der Waals surface area (Å²) in [7, 11) is 0. The first-order valence-corrected chi connectivity index (χ1v) is 10.2. The number of carbonyl (C=O) groups excluding carboxylic acids is 1. The van der Waals surface area contributed by atoms with Crippen molar-refractivity contribution in [1.29, 1.82) is 0 Å². The van der Waals surface area contributed by atoms with Crippen LogP contribution in [-0.2, 0) is 6.61 Å². The maximum absolute atomic E-state index is 13.0. The fourth-order valence-corrected chi connectivity index (χ4v) is 4.78. The first-order chi connectivity index (χ1) is 11.8. The van der Waals surface area contributed by atoms with Crippen LogP contribution in [0.2, 0.25) is 0 Å². The molecule has 3 rings (SSSR count). The molecule has 0 radical (unpaired) electrons. The Balaban J connectivity index is 1.72. The van der Waals surface area contributed by atoms with Gasteiger partial charge in [-0.1, -0.05) is 56.3 Å². The van der Waals surface area contributed by atoms with Crippen molar-refractivity contribution < 1.29 is 9.90 Å². The molecule has 0 unspecified atom stereocenters. The molecule has 0 saturated heterocycles. The van der Waals surface area contributed by atoms with Crippen LogP contribution in [0, 0.1) is 0 Å². The molecular formula is C18H29N3O2S. The Morgan fingerprint density at radius 3 is 2.12 bits per heavy atom. The highest BCUT2D eigenvalue weighted by Crippen LogP contribution is 2.30. The van der Waals surface area contributed by atoms with Crippen LogP contribution in [0.3, 0.4) is 0 Å². The van der Waals surface area contributed by atoms with Crippen LogP contribution in [0.15, 0.2) is 6.20 Å². The van der Waals surface area contributed by atoms with Gasteiger partial charge in [0, 0.05) is 18.3 Å². The number of aliphatic hydroxyl groups excluding tert-OH is 1. The molecule has 2 aliphatic rings. The summed E-state index contributed by atoms with van der Waals surface area (Å²) in [5.74, 6) is 0. The van der Waals surface area contributed by atoms with Gasteiger partial charge in [-0.3, -0.25) is 5.32 Å². The van der Waals surface area contributed by atoms with Crippen LogP contribution in [0.4, 0.5) is 9.93 Å². The van der Waals surface area contributed by atoms with Crippen molar-refractivity contribution in [2.45, 2.75) is 89.3 Å². The number of hydrogen-bond acceptors (Lipinski definition) is 4. The lowest BCUT2D eigenvalue weighted by Crippen LogP contribution is -2.49. The van der Waals surface area contributed by atoms with Crippen LogP contribution >= 0.6 is 11.3 Å². The minimum absolute atomic E-state index is 0.00707. The van der Waals surface area contributed by atoms with E-state index in [1.165, 1.54) is 56.3 Å². The van der Waals surface area contributed by atoms with Crippen molar-refractivity contribution in [3.63, 3.8) is 0 Å². The highest BCUT2D eigenvalue weighted by molar-refractivity contribution is 7.15. The topological polar surface area (TPSA) is 65.5 Å². The summed E-state index contributed by atoms with van der Waals surface area (Å²) in [5, 5.41) is 12.8. The smallest absolute Gasteiger partial charge is 0.324 e. The van der Waals surface area contributed by atoms with E-state index in [1.807, 2.05) is 0 Å². The Morgan fingerprint density at radius 2 is 1.62 bits per heavy atom. The van der Waals surface area contributed by atoms with E-state index in [2.05, 4.69) is 15.2 Å². The van der Waals surface area contributed by atoms with Crippen molar-refractivity contribution in [1.82, 2.24) is 9.88 Å². The molecule has 2 aliphatic carbocycles. The fourth-order valence-electron chi connectivity index (χ4n) is 4.12. The number of anilines is 1. The molecule has 134 valence electrons. The van der Waals surface area contributed by atoms with Crippen molar-refractivity contribution in [3.05, 3.63) is 11.1 Å². The fraction of sp³-hybridized carbons (Fsp3) is 0.778. The van der Waals surface area contributed by atoms with E-state index in [0.29, 0.717) is 17.2 Å². The molecule has 0 bridgehead atoms. The molecule has 24 heavy (non-hydrogen) atoms. The van der Waals surface area contributed by atoms with Crippen molar-refractivity contribution in [2.75, 3.05) is 5.32 Å². The Kier molecular flexibility index (Phi) is 6.49. The van der Waals surface area contributed by atoms with Gasteiger partial charge < -0.3 is 10.0 Å². The van der Waals surface area contributed by atoms with Crippen molar-refractivity contribution in [3.8, 4) is 0 Å². The second kappa shape index (κ2) is 8.81.